The first-order valence-corrected chi connectivity index (χ1v) is 5.05. The molecule has 0 aliphatic carbocycles. The molecule has 3 nitrogen and oxygen atoms in total. The molecule has 0 unspecified atom stereocenters. The second-order valence-corrected chi connectivity index (χ2v) is 3.20. The Bertz CT molecular complexity index is 433. The number of allylic oxidation sites excluding steroid dienone is 4. The summed E-state index contributed by atoms with van der Waals surface area (Å²) in [4.78, 5) is 27.8. The van der Waals surface area contributed by atoms with Gasteiger partial charge in [-0.25, -0.2) is 0 Å². The summed E-state index contributed by atoms with van der Waals surface area (Å²) in [6.45, 7) is 3.92. The van der Waals surface area contributed by atoms with Gasteiger partial charge in [-0.15, -0.1) is 0 Å². The molecule has 3 heteroatoms. The van der Waals surface area contributed by atoms with E-state index in [1.807, 2.05) is 50.3 Å². The SMILES string of the molecule is C/C=C\C=C\C(=O)c1ccc(C)cc1.O=C=O. The molecule has 0 saturated carbocycles. The Labute approximate surface area is 100 Å². The molecule has 0 amide bonds. The van der Waals surface area contributed by atoms with Crippen LogP contribution < -0.4 is 0 Å². The molecule has 0 saturated heterocycles. The van der Waals surface area contributed by atoms with E-state index in [-0.39, 0.29) is 11.9 Å². The minimum Gasteiger partial charge on any atom is -0.289 e. The van der Waals surface area contributed by atoms with Gasteiger partial charge in [0.05, 0.1) is 0 Å². The number of ketones is 1. The summed E-state index contributed by atoms with van der Waals surface area (Å²) in [5.74, 6) is 0.0445. The molecular weight excluding hydrogens is 216 g/mol. The summed E-state index contributed by atoms with van der Waals surface area (Å²) >= 11 is 0. The van der Waals surface area contributed by atoms with Crippen LogP contribution >= 0.6 is 0 Å². The normalized spacial score (nSPS) is 9.76. The van der Waals surface area contributed by atoms with Crippen LogP contribution in [-0.4, -0.2) is 11.9 Å². The van der Waals surface area contributed by atoms with Crippen molar-refractivity contribution in [2.75, 3.05) is 0 Å². The average Bonchev–Trinajstić information content (AvgIpc) is 2.31. The van der Waals surface area contributed by atoms with E-state index < -0.39 is 0 Å². The zero-order chi connectivity index (χ0) is 13.1. The van der Waals surface area contributed by atoms with Gasteiger partial charge in [-0.05, 0) is 19.9 Å². The zero-order valence-corrected chi connectivity index (χ0v) is 9.84. The van der Waals surface area contributed by atoms with Gasteiger partial charge in [-0.1, -0.05) is 48.1 Å². The van der Waals surface area contributed by atoms with E-state index in [0.29, 0.717) is 0 Å². The van der Waals surface area contributed by atoms with E-state index in [1.54, 1.807) is 12.2 Å². The zero-order valence-electron chi connectivity index (χ0n) is 9.84. The minimum absolute atomic E-state index is 0.0445. The lowest BCUT2D eigenvalue weighted by Crippen LogP contribution is -1.93. The van der Waals surface area contributed by atoms with Crippen LogP contribution in [0, 0.1) is 6.92 Å². The lowest BCUT2D eigenvalue weighted by Gasteiger charge is -1.95. The van der Waals surface area contributed by atoms with Gasteiger partial charge in [0.25, 0.3) is 0 Å². The predicted molar refractivity (Wildman–Crippen MR) is 64.5 cm³/mol. The third-order valence-electron chi connectivity index (χ3n) is 1.89. The fourth-order valence-electron chi connectivity index (χ4n) is 1.07. The Morgan fingerprint density at radius 2 is 1.65 bits per heavy atom. The molecule has 0 heterocycles. The van der Waals surface area contributed by atoms with Crippen molar-refractivity contribution in [2.45, 2.75) is 13.8 Å². The van der Waals surface area contributed by atoms with E-state index in [9.17, 15) is 4.79 Å². The van der Waals surface area contributed by atoms with Crippen molar-refractivity contribution < 1.29 is 14.4 Å². The number of aryl methyl sites for hydroxylation is 1. The van der Waals surface area contributed by atoms with Gasteiger partial charge in [0.15, 0.2) is 5.78 Å². The maximum absolute atomic E-state index is 11.5. The molecule has 0 radical (unpaired) electrons. The Kier molecular flexibility index (Phi) is 7.82. The highest BCUT2D eigenvalue weighted by Crippen LogP contribution is 2.04. The molecule has 1 aromatic rings. The molecule has 0 atom stereocenters. The summed E-state index contributed by atoms with van der Waals surface area (Å²) in [5.41, 5.74) is 1.90. The quantitative estimate of drug-likeness (QED) is 0.455. The Morgan fingerprint density at radius 1 is 1.12 bits per heavy atom. The fraction of sp³-hybridized carbons (Fsp3) is 0.143. The standard InChI is InChI=1S/C13H14O.CO2/c1-3-4-5-6-13(14)12-9-7-11(2)8-10-12;2-1-3/h3-10H,1-2H3;/b4-3-,6-5+;. The summed E-state index contributed by atoms with van der Waals surface area (Å²) in [7, 11) is 0. The van der Waals surface area contributed by atoms with Crippen molar-refractivity contribution in [3.8, 4) is 0 Å². The molecule has 1 aromatic carbocycles. The first kappa shape index (κ1) is 14.8. The van der Waals surface area contributed by atoms with E-state index in [4.69, 9.17) is 9.59 Å². The number of rotatable bonds is 3. The molecule has 17 heavy (non-hydrogen) atoms. The monoisotopic (exact) mass is 230 g/mol. The van der Waals surface area contributed by atoms with E-state index in [1.165, 1.54) is 5.56 Å². The van der Waals surface area contributed by atoms with Crippen LogP contribution in [0.15, 0.2) is 48.6 Å². The lowest BCUT2D eigenvalue weighted by molar-refractivity contribution is -0.191. The maximum Gasteiger partial charge on any atom is 0.373 e. The second kappa shape index (κ2) is 9.01. The summed E-state index contributed by atoms with van der Waals surface area (Å²) in [6, 6.07) is 7.57. The molecule has 88 valence electrons. The smallest absolute Gasteiger partial charge is 0.289 e. The summed E-state index contributed by atoms with van der Waals surface area (Å²) in [6.07, 6.45) is 7.30. The van der Waals surface area contributed by atoms with E-state index in [0.717, 1.165) is 5.56 Å². The van der Waals surface area contributed by atoms with Crippen LogP contribution in [0.3, 0.4) is 0 Å². The average molecular weight is 230 g/mol. The first-order valence-electron chi connectivity index (χ1n) is 5.05. The van der Waals surface area contributed by atoms with Crippen molar-refractivity contribution in [3.63, 3.8) is 0 Å². The van der Waals surface area contributed by atoms with Gasteiger partial charge in [0, 0.05) is 5.56 Å². The maximum atomic E-state index is 11.5. The van der Waals surface area contributed by atoms with Crippen molar-refractivity contribution in [1.29, 1.82) is 0 Å². The lowest BCUT2D eigenvalue weighted by atomic mass is 10.1. The third kappa shape index (κ3) is 6.77. The van der Waals surface area contributed by atoms with Crippen LogP contribution in [0.4, 0.5) is 0 Å². The highest BCUT2D eigenvalue weighted by molar-refractivity contribution is 6.04. The van der Waals surface area contributed by atoms with Gasteiger partial charge in [0.1, 0.15) is 0 Å². The Hall–Kier alpha value is -2.25. The van der Waals surface area contributed by atoms with Crippen LogP contribution in [-0.2, 0) is 9.59 Å². The van der Waals surface area contributed by atoms with Crippen molar-refractivity contribution in [1.82, 2.24) is 0 Å². The van der Waals surface area contributed by atoms with Crippen LogP contribution in [0.2, 0.25) is 0 Å². The molecule has 0 N–H and O–H groups in total. The van der Waals surface area contributed by atoms with E-state index >= 15 is 0 Å². The number of benzene rings is 1. The molecule has 0 aliphatic rings. The van der Waals surface area contributed by atoms with E-state index in [2.05, 4.69) is 0 Å². The van der Waals surface area contributed by atoms with Gasteiger partial charge in [-0.2, -0.15) is 9.59 Å². The summed E-state index contributed by atoms with van der Waals surface area (Å²) < 4.78 is 0. The second-order valence-electron chi connectivity index (χ2n) is 3.20. The van der Waals surface area contributed by atoms with Crippen LogP contribution in [0.1, 0.15) is 22.8 Å². The number of hydrogen-bond donors (Lipinski definition) is 0. The molecular formula is C14H14O3. The molecule has 0 fully saturated rings. The largest absolute Gasteiger partial charge is 0.373 e. The summed E-state index contributed by atoms with van der Waals surface area (Å²) in [5, 5.41) is 0. The molecule has 0 aliphatic heterocycles. The third-order valence-corrected chi connectivity index (χ3v) is 1.89. The van der Waals surface area contributed by atoms with Gasteiger partial charge in [0.2, 0.25) is 0 Å². The Morgan fingerprint density at radius 3 is 2.12 bits per heavy atom. The number of carbonyl (C=O) groups is 1. The Balaban J connectivity index is 0.000000770. The fourth-order valence-corrected chi connectivity index (χ4v) is 1.07. The molecule has 0 aromatic heterocycles. The highest BCUT2D eigenvalue weighted by Gasteiger charge is 1.98. The number of carbonyl (C=O) groups excluding carboxylic acids is 3. The van der Waals surface area contributed by atoms with Crippen molar-refractivity contribution >= 4 is 11.9 Å². The van der Waals surface area contributed by atoms with Crippen LogP contribution in [0.25, 0.3) is 0 Å². The number of hydrogen-bond acceptors (Lipinski definition) is 3. The van der Waals surface area contributed by atoms with Crippen molar-refractivity contribution in [3.05, 3.63) is 59.7 Å². The van der Waals surface area contributed by atoms with Crippen molar-refractivity contribution in [2.24, 2.45) is 0 Å². The minimum atomic E-state index is 0.0445. The van der Waals surface area contributed by atoms with Crippen LogP contribution in [0.5, 0.6) is 0 Å². The predicted octanol–water partition coefficient (Wildman–Crippen LogP) is 2.73. The van der Waals surface area contributed by atoms with Gasteiger partial charge < -0.3 is 0 Å². The molecule has 1 rings (SSSR count). The topological polar surface area (TPSA) is 51.2 Å². The molecule has 0 spiro atoms. The van der Waals surface area contributed by atoms with Gasteiger partial charge in [-0.3, -0.25) is 4.79 Å². The van der Waals surface area contributed by atoms with Gasteiger partial charge >= 0.3 is 6.15 Å². The molecule has 0 bridgehead atoms. The first-order chi connectivity index (χ1) is 8.15. The highest BCUT2D eigenvalue weighted by atomic mass is 16.2.